The molecule has 0 aromatic heterocycles. The van der Waals surface area contributed by atoms with Crippen molar-refractivity contribution >= 4 is 0 Å². The lowest BCUT2D eigenvalue weighted by Crippen LogP contribution is -2.00. The highest BCUT2D eigenvalue weighted by atomic mass is 14.3. The lowest BCUT2D eigenvalue weighted by atomic mass is 9.92. The van der Waals surface area contributed by atoms with Crippen LogP contribution in [0.25, 0.3) is 0 Å². The fraction of sp³-hybridized carbons (Fsp3) is 0.750. The molecule has 0 aromatic carbocycles. The van der Waals surface area contributed by atoms with E-state index in [1.54, 1.807) is 5.57 Å². The Morgan fingerprint density at radius 2 is 1.75 bits per heavy atom. The molecule has 0 spiro atoms. The molecule has 0 amide bonds. The lowest BCUT2D eigenvalue weighted by Gasteiger charge is -2.14. The van der Waals surface area contributed by atoms with E-state index < -0.39 is 0 Å². The van der Waals surface area contributed by atoms with Crippen molar-refractivity contribution in [2.75, 3.05) is 0 Å². The van der Waals surface area contributed by atoms with Crippen molar-refractivity contribution in [2.24, 2.45) is 11.8 Å². The standard InChI is InChI=1S/C16H26/c1-14-12-13-15-10-8-6-4-2-3-5-7-9-11-16(14)15/h7,9,11,14-15H,2-6,8,10,12-13H2,1H3/b9-7+,16-11-. The monoisotopic (exact) mass is 218 g/mol. The normalized spacial score (nSPS) is 37.7. The largest absolute Gasteiger partial charge is 0.0845 e. The van der Waals surface area contributed by atoms with Crippen molar-refractivity contribution in [1.82, 2.24) is 0 Å². The molecule has 0 heterocycles. The topological polar surface area (TPSA) is 0 Å². The van der Waals surface area contributed by atoms with Gasteiger partial charge in [0.15, 0.2) is 0 Å². The molecule has 16 heavy (non-hydrogen) atoms. The first-order valence-electron chi connectivity index (χ1n) is 7.24. The zero-order valence-corrected chi connectivity index (χ0v) is 10.8. The van der Waals surface area contributed by atoms with Gasteiger partial charge in [-0.3, -0.25) is 0 Å². The molecule has 0 nitrogen and oxygen atoms in total. The molecule has 2 atom stereocenters. The minimum absolute atomic E-state index is 0.845. The van der Waals surface area contributed by atoms with E-state index >= 15 is 0 Å². The quantitative estimate of drug-likeness (QED) is 0.520. The van der Waals surface area contributed by atoms with Crippen LogP contribution in [0.1, 0.15) is 64.7 Å². The molecule has 1 saturated carbocycles. The van der Waals surface area contributed by atoms with Gasteiger partial charge in [0.1, 0.15) is 0 Å². The average molecular weight is 218 g/mol. The highest BCUT2D eigenvalue weighted by molar-refractivity contribution is 5.20. The van der Waals surface area contributed by atoms with Crippen molar-refractivity contribution in [3.63, 3.8) is 0 Å². The molecule has 2 aliphatic rings. The third-order valence-electron chi connectivity index (χ3n) is 4.34. The van der Waals surface area contributed by atoms with E-state index in [9.17, 15) is 0 Å². The maximum atomic E-state index is 2.43. The Morgan fingerprint density at radius 3 is 2.69 bits per heavy atom. The lowest BCUT2D eigenvalue weighted by molar-refractivity contribution is 0.509. The predicted octanol–water partition coefficient (Wildman–Crippen LogP) is 5.26. The first-order valence-corrected chi connectivity index (χ1v) is 7.24. The van der Waals surface area contributed by atoms with E-state index in [4.69, 9.17) is 0 Å². The van der Waals surface area contributed by atoms with E-state index in [-0.39, 0.29) is 0 Å². The first-order chi connectivity index (χ1) is 7.88. The maximum Gasteiger partial charge on any atom is -0.0197 e. The summed E-state index contributed by atoms with van der Waals surface area (Å²) in [5.74, 6) is 1.76. The van der Waals surface area contributed by atoms with Gasteiger partial charge in [0.05, 0.1) is 0 Å². The minimum Gasteiger partial charge on any atom is -0.0845 e. The second kappa shape index (κ2) is 6.27. The SMILES string of the molecule is CC1CCC2CCCCCCC/C=C/C=C/12. The molecule has 90 valence electrons. The summed E-state index contributed by atoms with van der Waals surface area (Å²) in [7, 11) is 0. The second-order valence-corrected chi connectivity index (χ2v) is 5.62. The summed E-state index contributed by atoms with van der Waals surface area (Å²) in [6.07, 6.45) is 19.9. The summed E-state index contributed by atoms with van der Waals surface area (Å²) < 4.78 is 0. The second-order valence-electron chi connectivity index (χ2n) is 5.62. The molecule has 0 N–H and O–H groups in total. The van der Waals surface area contributed by atoms with Crippen LogP contribution in [0.5, 0.6) is 0 Å². The first kappa shape index (κ1) is 12.0. The molecular formula is C16H26. The van der Waals surface area contributed by atoms with Gasteiger partial charge in [-0.15, -0.1) is 0 Å². The minimum atomic E-state index is 0.845. The van der Waals surface area contributed by atoms with Crippen molar-refractivity contribution in [3.05, 3.63) is 23.8 Å². The summed E-state index contributed by atoms with van der Waals surface area (Å²) in [5.41, 5.74) is 1.75. The molecular weight excluding hydrogens is 192 g/mol. The average Bonchev–Trinajstić information content (AvgIpc) is 2.60. The van der Waals surface area contributed by atoms with Gasteiger partial charge in [-0.1, -0.05) is 56.4 Å². The van der Waals surface area contributed by atoms with Crippen molar-refractivity contribution < 1.29 is 0 Å². The van der Waals surface area contributed by atoms with Crippen LogP contribution in [-0.4, -0.2) is 0 Å². The molecule has 2 aliphatic carbocycles. The summed E-state index contributed by atoms with van der Waals surface area (Å²) in [6.45, 7) is 2.41. The van der Waals surface area contributed by atoms with Crippen LogP contribution in [0.15, 0.2) is 23.8 Å². The van der Waals surface area contributed by atoms with Gasteiger partial charge in [-0.2, -0.15) is 0 Å². The fourth-order valence-corrected chi connectivity index (χ4v) is 3.26. The summed E-state index contributed by atoms with van der Waals surface area (Å²) >= 11 is 0. The van der Waals surface area contributed by atoms with Crippen molar-refractivity contribution in [1.29, 1.82) is 0 Å². The number of rotatable bonds is 0. The van der Waals surface area contributed by atoms with Crippen LogP contribution in [0.4, 0.5) is 0 Å². The van der Waals surface area contributed by atoms with E-state index in [0.29, 0.717) is 0 Å². The van der Waals surface area contributed by atoms with Gasteiger partial charge in [0, 0.05) is 0 Å². The van der Waals surface area contributed by atoms with Gasteiger partial charge in [-0.05, 0) is 43.9 Å². The van der Waals surface area contributed by atoms with Gasteiger partial charge in [0.2, 0.25) is 0 Å². The highest BCUT2D eigenvalue weighted by Gasteiger charge is 2.25. The molecule has 0 heteroatoms. The maximum absolute atomic E-state index is 2.43. The van der Waals surface area contributed by atoms with Crippen LogP contribution < -0.4 is 0 Å². The van der Waals surface area contributed by atoms with Crippen molar-refractivity contribution in [2.45, 2.75) is 64.7 Å². The highest BCUT2D eigenvalue weighted by Crippen LogP contribution is 2.39. The third-order valence-corrected chi connectivity index (χ3v) is 4.34. The predicted molar refractivity (Wildman–Crippen MR) is 71.4 cm³/mol. The Labute approximate surface area is 101 Å². The summed E-state index contributed by atoms with van der Waals surface area (Å²) in [4.78, 5) is 0. The fourth-order valence-electron chi connectivity index (χ4n) is 3.26. The number of fused-ring (bicyclic) bond motifs is 1. The Morgan fingerprint density at radius 1 is 0.938 bits per heavy atom. The van der Waals surface area contributed by atoms with Crippen LogP contribution in [0, 0.1) is 11.8 Å². The molecule has 0 radical (unpaired) electrons. The molecule has 1 fully saturated rings. The Kier molecular flexibility index (Phi) is 4.69. The van der Waals surface area contributed by atoms with Crippen LogP contribution in [-0.2, 0) is 0 Å². The van der Waals surface area contributed by atoms with E-state index in [1.165, 1.54) is 57.8 Å². The zero-order valence-electron chi connectivity index (χ0n) is 10.8. The van der Waals surface area contributed by atoms with Gasteiger partial charge >= 0.3 is 0 Å². The zero-order chi connectivity index (χ0) is 11.2. The van der Waals surface area contributed by atoms with Gasteiger partial charge in [-0.25, -0.2) is 0 Å². The van der Waals surface area contributed by atoms with Crippen molar-refractivity contribution in [3.8, 4) is 0 Å². The molecule has 0 aliphatic heterocycles. The van der Waals surface area contributed by atoms with Gasteiger partial charge < -0.3 is 0 Å². The molecule has 2 rings (SSSR count). The number of allylic oxidation sites excluding steroid dienone is 4. The van der Waals surface area contributed by atoms with Crippen LogP contribution >= 0.6 is 0 Å². The van der Waals surface area contributed by atoms with Gasteiger partial charge in [0.25, 0.3) is 0 Å². The summed E-state index contributed by atoms with van der Waals surface area (Å²) in [6, 6.07) is 0. The van der Waals surface area contributed by atoms with E-state index in [0.717, 1.165) is 11.8 Å². The molecule has 0 bridgehead atoms. The Hall–Kier alpha value is -0.520. The van der Waals surface area contributed by atoms with E-state index in [2.05, 4.69) is 25.2 Å². The summed E-state index contributed by atoms with van der Waals surface area (Å²) in [5, 5.41) is 0. The van der Waals surface area contributed by atoms with Crippen LogP contribution in [0.2, 0.25) is 0 Å². The Balaban J connectivity index is 2.02. The van der Waals surface area contributed by atoms with E-state index in [1.807, 2.05) is 0 Å². The Bertz CT molecular complexity index is 259. The third kappa shape index (κ3) is 3.23. The smallest absolute Gasteiger partial charge is 0.0197 e. The molecule has 2 unspecified atom stereocenters. The molecule has 0 saturated heterocycles. The number of hydrogen-bond donors (Lipinski definition) is 0. The molecule has 0 aromatic rings. The number of hydrogen-bond acceptors (Lipinski definition) is 0. The van der Waals surface area contributed by atoms with Crippen LogP contribution in [0.3, 0.4) is 0 Å².